The Kier molecular flexibility index (Phi) is 16.3. The standard InChI is InChI=1S/C48H54ClN5O9/c1-48(2,3)63-46(58)50-27-13-12-19-38(42(55)44-52-37-18-10-11-20-41(37)62-44)51-43(56)40-28-36(60-30-34-21-24-35(49)25-22-34)29-54(40)45(57)39(26-23-32-14-6-4-7-15-32)53-47(59)61-31-33-16-8-5-9-17-33/h4-11,14-18,20-22,24-25,36,38-40H,12-13,19,23,26-31H2,1-3H3,(H,50,58)(H,51,56)(H,53,59)/t36-,38+,39-,40+/m1/s1. The number of unbranched alkanes of at least 4 members (excludes halogenated alkanes) is 1. The third-order valence-electron chi connectivity index (χ3n) is 10.3. The fourth-order valence-electron chi connectivity index (χ4n) is 7.17. The Balaban J connectivity index is 1.22. The van der Waals surface area contributed by atoms with Crippen molar-refractivity contribution >= 4 is 52.5 Å². The molecule has 0 bridgehead atoms. The van der Waals surface area contributed by atoms with Crippen LogP contribution in [-0.4, -0.2) is 82.6 Å². The summed E-state index contributed by atoms with van der Waals surface area (Å²) in [5, 5.41) is 8.99. The van der Waals surface area contributed by atoms with E-state index in [1.54, 1.807) is 57.2 Å². The van der Waals surface area contributed by atoms with E-state index in [0.29, 0.717) is 35.4 Å². The van der Waals surface area contributed by atoms with Gasteiger partial charge >= 0.3 is 12.2 Å². The van der Waals surface area contributed by atoms with Gasteiger partial charge in [0.15, 0.2) is 5.58 Å². The highest BCUT2D eigenvalue weighted by molar-refractivity contribution is 6.30. The Hall–Kier alpha value is -6.25. The Morgan fingerprint density at radius 3 is 2.14 bits per heavy atom. The van der Waals surface area contributed by atoms with Crippen LogP contribution >= 0.6 is 11.6 Å². The van der Waals surface area contributed by atoms with Crippen molar-refractivity contribution in [3.63, 3.8) is 0 Å². The predicted octanol–water partition coefficient (Wildman–Crippen LogP) is 7.96. The molecule has 15 heteroatoms. The van der Waals surface area contributed by atoms with Gasteiger partial charge in [0.2, 0.25) is 17.6 Å². The first-order valence-electron chi connectivity index (χ1n) is 21.2. The SMILES string of the molecule is CC(C)(C)OC(=O)NCCCC[C@H](NC(=O)[C@@H]1C[C@@H](OCc2ccc(Cl)cc2)CN1C(=O)[C@@H](CCc1ccccc1)NC(=O)OCc1ccccc1)C(=O)c1nc2ccccc2o1. The molecule has 1 aliphatic heterocycles. The summed E-state index contributed by atoms with van der Waals surface area (Å²) in [5.74, 6) is -1.81. The van der Waals surface area contributed by atoms with Crippen molar-refractivity contribution in [2.75, 3.05) is 13.1 Å². The molecule has 5 aromatic rings. The van der Waals surface area contributed by atoms with Crippen molar-refractivity contribution < 1.29 is 42.6 Å². The number of oxazole rings is 1. The fraction of sp³-hybridized carbons (Fsp3) is 0.375. The summed E-state index contributed by atoms with van der Waals surface area (Å²) < 4.78 is 23.0. The van der Waals surface area contributed by atoms with Crippen LogP contribution in [0.3, 0.4) is 0 Å². The lowest BCUT2D eigenvalue weighted by Gasteiger charge is -2.29. The van der Waals surface area contributed by atoms with Crippen LogP contribution in [0.15, 0.2) is 114 Å². The minimum absolute atomic E-state index is 0.00576. The number of aryl methyl sites for hydroxylation is 1. The zero-order valence-corrected chi connectivity index (χ0v) is 36.5. The number of hydrogen-bond donors (Lipinski definition) is 3. The minimum atomic E-state index is -1.10. The molecule has 0 aliphatic carbocycles. The molecule has 0 unspecified atom stereocenters. The molecular weight excluding hydrogens is 826 g/mol. The van der Waals surface area contributed by atoms with E-state index in [0.717, 1.165) is 16.7 Å². The number of fused-ring (bicyclic) bond motifs is 1. The van der Waals surface area contributed by atoms with Crippen molar-refractivity contribution in [1.82, 2.24) is 25.8 Å². The molecule has 1 fully saturated rings. The van der Waals surface area contributed by atoms with Crippen LogP contribution in [0.4, 0.5) is 9.59 Å². The fourth-order valence-corrected chi connectivity index (χ4v) is 7.29. The molecule has 332 valence electrons. The van der Waals surface area contributed by atoms with Gasteiger partial charge in [-0.05, 0) is 93.8 Å². The number of Topliss-reactive ketones (excluding diaryl/α,β-unsaturated/α-hetero) is 1. The monoisotopic (exact) mass is 879 g/mol. The average Bonchev–Trinajstić information content (AvgIpc) is 3.91. The number of amides is 4. The van der Waals surface area contributed by atoms with Crippen molar-refractivity contribution in [3.05, 3.63) is 137 Å². The van der Waals surface area contributed by atoms with E-state index in [2.05, 4.69) is 20.9 Å². The summed E-state index contributed by atoms with van der Waals surface area (Å²) in [6.07, 6.45) is -0.100. The number of para-hydroxylation sites is 2. The number of halogens is 1. The summed E-state index contributed by atoms with van der Waals surface area (Å²) >= 11 is 6.11. The van der Waals surface area contributed by atoms with Crippen LogP contribution in [0.2, 0.25) is 5.02 Å². The molecule has 1 aliphatic rings. The Labute approximate surface area is 372 Å². The smallest absolute Gasteiger partial charge is 0.408 e. The maximum Gasteiger partial charge on any atom is 0.408 e. The molecule has 14 nitrogen and oxygen atoms in total. The zero-order chi connectivity index (χ0) is 44.8. The second-order valence-corrected chi connectivity index (χ2v) is 16.9. The van der Waals surface area contributed by atoms with Gasteiger partial charge in [0, 0.05) is 24.5 Å². The molecule has 0 spiro atoms. The van der Waals surface area contributed by atoms with E-state index in [1.165, 1.54) is 4.90 Å². The predicted molar refractivity (Wildman–Crippen MR) is 237 cm³/mol. The lowest BCUT2D eigenvalue weighted by atomic mass is 10.0. The number of carbonyl (C=O) groups is 5. The molecule has 4 atom stereocenters. The number of aromatic nitrogens is 1. The number of carbonyl (C=O) groups excluding carboxylic acids is 5. The second-order valence-electron chi connectivity index (χ2n) is 16.4. The third kappa shape index (κ3) is 14.1. The Morgan fingerprint density at radius 1 is 0.778 bits per heavy atom. The van der Waals surface area contributed by atoms with Gasteiger partial charge < -0.3 is 39.5 Å². The summed E-state index contributed by atoms with van der Waals surface area (Å²) in [6, 6.07) is 29.6. The molecule has 0 saturated carbocycles. The minimum Gasteiger partial charge on any atom is -0.445 e. The molecular formula is C48H54ClN5O9. The molecule has 4 aromatic carbocycles. The molecule has 1 saturated heterocycles. The van der Waals surface area contributed by atoms with Gasteiger partial charge in [-0.25, -0.2) is 14.6 Å². The Morgan fingerprint density at radius 2 is 1.44 bits per heavy atom. The number of nitrogens with one attached hydrogen (secondary N) is 3. The van der Waals surface area contributed by atoms with Gasteiger partial charge in [-0.3, -0.25) is 14.4 Å². The number of ether oxygens (including phenoxy) is 3. The van der Waals surface area contributed by atoms with E-state index in [-0.39, 0.29) is 51.5 Å². The number of alkyl carbamates (subject to hydrolysis) is 2. The topological polar surface area (TPSA) is 178 Å². The average molecular weight is 880 g/mol. The van der Waals surface area contributed by atoms with Crippen molar-refractivity contribution in [2.24, 2.45) is 0 Å². The van der Waals surface area contributed by atoms with Crippen molar-refractivity contribution in [3.8, 4) is 0 Å². The van der Waals surface area contributed by atoms with E-state index < -0.39 is 59.6 Å². The van der Waals surface area contributed by atoms with Crippen LogP contribution in [0.25, 0.3) is 11.1 Å². The number of ketones is 1. The van der Waals surface area contributed by atoms with E-state index in [9.17, 15) is 24.0 Å². The van der Waals surface area contributed by atoms with Crippen molar-refractivity contribution in [2.45, 2.75) is 102 Å². The van der Waals surface area contributed by atoms with Crippen LogP contribution in [0.1, 0.15) is 80.3 Å². The van der Waals surface area contributed by atoms with Gasteiger partial charge in [-0.15, -0.1) is 0 Å². The van der Waals surface area contributed by atoms with Crippen LogP contribution in [-0.2, 0) is 43.4 Å². The molecule has 1 aromatic heterocycles. The summed E-state index contributed by atoms with van der Waals surface area (Å²) in [6.45, 7) is 5.81. The molecule has 3 N–H and O–H groups in total. The lowest BCUT2D eigenvalue weighted by Crippen LogP contribution is -2.55. The van der Waals surface area contributed by atoms with E-state index in [4.69, 9.17) is 30.2 Å². The summed E-state index contributed by atoms with van der Waals surface area (Å²) in [4.78, 5) is 74.8. The van der Waals surface area contributed by atoms with Gasteiger partial charge in [0.1, 0.15) is 29.8 Å². The Bertz CT molecular complexity index is 2270. The van der Waals surface area contributed by atoms with Gasteiger partial charge in [0.25, 0.3) is 5.89 Å². The first-order valence-corrected chi connectivity index (χ1v) is 21.5. The largest absolute Gasteiger partial charge is 0.445 e. The molecule has 2 heterocycles. The van der Waals surface area contributed by atoms with E-state index >= 15 is 0 Å². The third-order valence-corrected chi connectivity index (χ3v) is 10.6. The quantitative estimate of drug-likeness (QED) is 0.0545. The number of benzene rings is 4. The summed E-state index contributed by atoms with van der Waals surface area (Å²) in [7, 11) is 0. The number of nitrogens with zero attached hydrogens (tertiary/aromatic N) is 2. The molecule has 4 amide bonds. The number of hydrogen-bond acceptors (Lipinski definition) is 10. The van der Waals surface area contributed by atoms with Crippen LogP contribution < -0.4 is 16.0 Å². The maximum atomic E-state index is 14.7. The van der Waals surface area contributed by atoms with Crippen molar-refractivity contribution in [1.29, 1.82) is 0 Å². The van der Waals surface area contributed by atoms with Crippen LogP contribution in [0.5, 0.6) is 0 Å². The van der Waals surface area contributed by atoms with Gasteiger partial charge in [0.05, 0.1) is 18.8 Å². The van der Waals surface area contributed by atoms with E-state index in [1.807, 2.05) is 72.8 Å². The number of rotatable bonds is 19. The molecule has 6 rings (SSSR count). The highest BCUT2D eigenvalue weighted by atomic mass is 35.5. The summed E-state index contributed by atoms with van der Waals surface area (Å²) in [5.41, 5.74) is 2.81. The zero-order valence-electron chi connectivity index (χ0n) is 35.7. The molecule has 63 heavy (non-hydrogen) atoms. The van der Waals surface area contributed by atoms with Crippen LogP contribution in [0, 0.1) is 0 Å². The highest BCUT2D eigenvalue weighted by Crippen LogP contribution is 2.26. The first kappa shape index (κ1) is 46.3. The first-order chi connectivity index (χ1) is 30.3. The van der Waals surface area contributed by atoms with Gasteiger partial charge in [-0.2, -0.15) is 0 Å². The highest BCUT2D eigenvalue weighted by Gasteiger charge is 2.44. The number of likely N-dealkylation sites (tertiary alicyclic amines) is 1. The lowest BCUT2D eigenvalue weighted by molar-refractivity contribution is -0.140. The maximum absolute atomic E-state index is 14.7. The molecule has 0 radical (unpaired) electrons. The normalized spacial score (nSPS) is 15.9. The second kappa shape index (κ2) is 22.2. The van der Waals surface area contributed by atoms with Gasteiger partial charge in [-0.1, -0.05) is 96.5 Å².